The Morgan fingerprint density at radius 2 is 2.05 bits per heavy atom. The van der Waals surface area contributed by atoms with Crippen molar-refractivity contribution in [2.75, 3.05) is 24.2 Å². The maximum absolute atomic E-state index is 10.2. The van der Waals surface area contributed by atoms with Crippen molar-refractivity contribution in [3.8, 4) is 0 Å². The van der Waals surface area contributed by atoms with Crippen molar-refractivity contribution in [2.45, 2.75) is 32.8 Å². The topological polar surface area (TPSA) is 98.7 Å². The van der Waals surface area contributed by atoms with Crippen molar-refractivity contribution in [1.82, 2.24) is 20.2 Å². The zero-order valence-corrected chi connectivity index (χ0v) is 12.1. The van der Waals surface area contributed by atoms with Crippen LogP contribution >= 0.6 is 0 Å². The average Bonchev–Trinajstić information content (AvgIpc) is 2.94. The fraction of sp³-hybridized carbons (Fsp3) is 0.615. The standard InChI is InChI=1S/C13H22N6O/c1-4-8(5-2)10(20)7-15-11-9-6-16-19-12(9)18-13(14-3)17-11/h6,8,10,20H,4-5,7H2,1-3H3,(H3,14,15,16,17,18,19). The first kappa shape index (κ1) is 14.5. The lowest BCUT2D eigenvalue weighted by Gasteiger charge is -2.20. The summed E-state index contributed by atoms with van der Waals surface area (Å²) in [5.41, 5.74) is 0.670. The average molecular weight is 278 g/mol. The second-order valence-electron chi connectivity index (χ2n) is 4.80. The number of aliphatic hydroxyl groups is 1. The van der Waals surface area contributed by atoms with E-state index in [0.717, 1.165) is 18.2 Å². The molecule has 0 aromatic carbocycles. The minimum Gasteiger partial charge on any atom is -0.391 e. The van der Waals surface area contributed by atoms with Crippen LogP contribution in [-0.2, 0) is 0 Å². The molecule has 0 aliphatic rings. The zero-order chi connectivity index (χ0) is 14.5. The zero-order valence-electron chi connectivity index (χ0n) is 12.1. The Balaban J connectivity index is 2.14. The fourth-order valence-electron chi connectivity index (χ4n) is 2.28. The molecule has 0 fully saturated rings. The Hall–Kier alpha value is -1.89. The Morgan fingerprint density at radius 1 is 1.30 bits per heavy atom. The number of hydrogen-bond donors (Lipinski definition) is 4. The first-order valence-corrected chi connectivity index (χ1v) is 7.00. The lowest BCUT2D eigenvalue weighted by molar-refractivity contribution is 0.114. The Morgan fingerprint density at radius 3 is 2.70 bits per heavy atom. The SMILES string of the molecule is CCC(CC)C(O)CNc1nc(NC)nc2[nH]ncc12. The normalized spacial score (nSPS) is 12.8. The van der Waals surface area contributed by atoms with E-state index < -0.39 is 0 Å². The second-order valence-corrected chi connectivity index (χ2v) is 4.80. The summed E-state index contributed by atoms with van der Waals surface area (Å²) in [7, 11) is 1.76. The van der Waals surface area contributed by atoms with Gasteiger partial charge in [0.15, 0.2) is 5.65 Å². The number of hydrogen-bond acceptors (Lipinski definition) is 6. The van der Waals surface area contributed by atoms with E-state index in [1.807, 2.05) is 0 Å². The van der Waals surface area contributed by atoms with Gasteiger partial charge in [0.1, 0.15) is 5.82 Å². The number of anilines is 2. The van der Waals surface area contributed by atoms with Crippen LogP contribution in [0.1, 0.15) is 26.7 Å². The molecule has 7 nitrogen and oxygen atoms in total. The van der Waals surface area contributed by atoms with Gasteiger partial charge in [-0.15, -0.1) is 0 Å². The quantitative estimate of drug-likeness (QED) is 0.614. The lowest BCUT2D eigenvalue weighted by atomic mass is 9.96. The third-order valence-corrected chi connectivity index (χ3v) is 3.60. The fourth-order valence-corrected chi connectivity index (χ4v) is 2.28. The van der Waals surface area contributed by atoms with Gasteiger partial charge in [-0.3, -0.25) is 5.10 Å². The number of aliphatic hydroxyl groups excluding tert-OH is 1. The van der Waals surface area contributed by atoms with E-state index in [9.17, 15) is 5.11 Å². The van der Waals surface area contributed by atoms with Crippen molar-refractivity contribution in [3.05, 3.63) is 6.20 Å². The molecule has 0 saturated carbocycles. The molecule has 110 valence electrons. The summed E-state index contributed by atoms with van der Waals surface area (Å²) in [4.78, 5) is 8.64. The smallest absolute Gasteiger partial charge is 0.226 e. The molecule has 0 radical (unpaired) electrons. The van der Waals surface area contributed by atoms with Gasteiger partial charge in [-0.1, -0.05) is 26.7 Å². The molecule has 7 heteroatoms. The first-order valence-electron chi connectivity index (χ1n) is 7.00. The molecule has 20 heavy (non-hydrogen) atoms. The van der Waals surface area contributed by atoms with E-state index in [-0.39, 0.29) is 6.10 Å². The number of aromatic amines is 1. The summed E-state index contributed by atoms with van der Waals surface area (Å²) in [5.74, 6) is 1.49. The molecule has 0 bridgehead atoms. The molecular weight excluding hydrogens is 256 g/mol. The van der Waals surface area contributed by atoms with E-state index in [1.54, 1.807) is 13.2 Å². The van der Waals surface area contributed by atoms with Crippen LogP contribution < -0.4 is 10.6 Å². The molecule has 1 unspecified atom stereocenters. The van der Waals surface area contributed by atoms with Gasteiger partial charge >= 0.3 is 0 Å². The highest BCUT2D eigenvalue weighted by atomic mass is 16.3. The maximum atomic E-state index is 10.2. The van der Waals surface area contributed by atoms with Gasteiger partial charge in [0.05, 0.1) is 17.7 Å². The molecule has 0 saturated heterocycles. The molecule has 0 aliphatic heterocycles. The molecule has 2 heterocycles. The summed E-state index contributed by atoms with van der Waals surface area (Å²) in [6.07, 6.45) is 3.22. The number of fused-ring (bicyclic) bond motifs is 1. The number of nitrogens with one attached hydrogen (secondary N) is 3. The van der Waals surface area contributed by atoms with Crippen molar-refractivity contribution in [3.63, 3.8) is 0 Å². The number of rotatable bonds is 7. The molecule has 0 aliphatic carbocycles. The van der Waals surface area contributed by atoms with Crippen LogP contribution in [0.4, 0.5) is 11.8 Å². The van der Waals surface area contributed by atoms with Gasteiger partial charge in [0, 0.05) is 13.6 Å². The summed E-state index contributed by atoms with van der Waals surface area (Å²) < 4.78 is 0. The summed E-state index contributed by atoms with van der Waals surface area (Å²) in [6.45, 7) is 4.65. The van der Waals surface area contributed by atoms with Crippen LogP contribution in [0, 0.1) is 5.92 Å². The minimum atomic E-state index is -0.389. The minimum absolute atomic E-state index is 0.299. The molecular formula is C13H22N6O. The van der Waals surface area contributed by atoms with E-state index in [4.69, 9.17) is 0 Å². The number of aromatic nitrogens is 4. The Labute approximate surface area is 118 Å². The molecule has 0 amide bonds. The Kier molecular flexibility index (Phi) is 4.73. The second kappa shape index (κ2) is 6.51. The maximum Gasteiger partial charge on any atom is 0.226 e. The first-order chi connectivity index (χ1) is 9.69. The molecule has 2 aromatic rings. The van der Waals surface area contributed by atoms with Crippen molar-refractivity contribution in [1.29, 1.82) is 0 Å². The lowest BCUT2D eigenvalue weighted by Crippen LogP contribution is -2.28. The molecule has 4 N–H and O–H groups in total. The molecule has 2 rings (SSSR count). The number of nitrogens with zero attached hydrogens (tertiary/aromatic N) is 3. The van der Waals surface area contributed by atoms with Gasteiger partial charge in [0.25, 0.3) is 0 Å². The molecule has 0 spiro atoms. The highest BCUT2D eigenvalue weighted by Crippen LogP contribution is 2.20. The van der Waals surface area contributed by atoms with Crippen LogP contribution in [0.5, 0.6) is 0 Å². The van der Waals surface area contributed by atoms with Gasteiger partial charge < -0.3 is 15.7 Å². The highest BCUT2D eigenvalue weighted by Gasteiger charge is 2.16. The van der Waals surface area contributed by atoms with Crippen LogP contribution in [0.25, 0.3) is 11.0 Å². The van der Waals surface area contributed by atoms with Crippen molar-refractivity contribution >= 4 is 22.8 Å². The predicted octanol–water partition coefficient (Wildman–Crippen LogP) is 1.60. The summed E-state index contributed by atoms with van der Waals surface area (Å²) in [5, 5.41) is 23.9. The van der Waals surface area contributed by atoms with Gasteiger partial charge in [-0.2, -0.15) is 15.1 Å². The van der Waals surface area contributed by atoms with Crippen LogP contribution in [0.3, 0.4) is 0 Å². The third-order valence-electron chi connectivity index (χ3n) is 3.60. The predicted molar refractivity (Wildman–Crippen MR) is 79.8 cm³/mol. The van der Waals surface area contributed by atoms with E-state index in [0.29, 0.717) is 29.9 Å². The molecule has 1 atom stereocenters. The van der Waals surface area contributed by atoms with E-state index >= 15 is 0 Å². The van der Waals surface area contributed by atoms with E-state index in [1.165, 1.54) is 0 Å². The van der Waals surface area contributed by atoms with Gasteiger partial charge in [-0.05, 0) is 5.92 Å². The van der Waals surface area contributed by atoms with Gasteiger partial charge in [-0.25, -0.2) is 0 Å². The van der Waals surface area contributed by atoms with Crippen LogP contribution in [0.15, 0.2) is 6.20 Å². The summed E-state index contributed by atoms with van der Waals surface area (Å²) in [6, 6.07) is 0. The Bertz CT molecular complexity index is 551. The van der Waals surface area contributed by atoms with Gasteiger partial charge in [0.2, 0.25) is 5.95 Å². The number of H-pyrrole nitrogens is 1. The van der Waals surface area contributed by atoms with E-state index in [2.05, 4.69) is 44.6 Å². The summed E-state index contributed by atoms with van der Waals surface area (Å²) >= 11 is 0. The largest absolute Gasteiger partial charge is 0.391 e. The third kappa shape index (κ3) is 2.98. The van der Waals surface area contributed by atoms with Crippen molar-refractivity contribution < 1.29 is 5.11 Å². The van der Waals surface area contributed by atoms with Crippen molar-refractivity contribution in [2.24, 2.45) is 5.92 Å². The van der Waals surface area contributed by atoms with Crippen LogP contribution in [-0.4, -0.2) is 45.0 Å². The monoisotopic (exact) mass is 278 g/mol. The highest BCUT2D eigenvalue weighted by molar-refractivity contribution is 5.86. The van der Waals surface area contributed by atoms with Crippen LogP contribution in [0.2, 0.25) is 0 Å². The molecule has 2 aromatic heterocycles.